The van der Waals surface area contributed by atoms with Crippen LogP contribution < -0.4 is 0 Å². The molecule has 0 saturated carbocycles. The Morgan fingerprint density at radius 3 is 1.74 bits per heavy atom. The highest BCUT2D eigenvalue weighted by Crippen LogP contribution is 2.26. The second-order valence-electron chi connectivity index (χ2n) is 13.7. The van der Waals surface area contributed by atoms with Gasteiger partial charge in [-0.05, 0) is 93.4 Å². The van der Waals surface area contributed by atoms with Crippen molar-refractivity contribution in [3.8, 4) is 0 Å². The van der Waals surface area contributed by atoms with Crippen molar-refractivity contribution < 1.29 is 66.7 Å². The van der Waals surface area contributed by atoms with Crippen molar-refractivity contribution in [2.45, 2.75) is 157 Å². The second kappa shape index (κ2) is 27.1. The SMILES string of the molecule is CCCOC(=O)CCC(CCC(=O)OCC)=C(CCC(=O)OC(C)C)C(=O)OC(=CC(=O)OC(C)CC)CCC(=CC(=O)OC(C)(C)C)CCC(=O)OC. The Morgan fingerprint density at radius 2 is 1.20 bits per heavy atom. The molecular weight excluding hydrogens is 704 g/mol. The summed E-state index contributed by atoms with van der Waals surface area (Å²) >= 11 is 0. The predicted molar refractivity (Wildman–Crippen MR) is 198 cm³/mol. The van der Waals surface area contributed by atoms with E-state index < -0.39 is 59.6 Å². The van der Waals surface area contributed by atoms with Gasteiger partial charge in [-0.1, -0.05) is 25.0 Å². The van der Waals surface area contributed by atoms with Gasteiger partial charge in [0.1, 0.15) is 11.4 Å². The van der Waals surface area contributed by atoms with Gasteiger partial charge in [-0.3, -0.25) is 19.2 Å². The highest BCUT2D eigenvalue weighted by molar-refractivity contribution is 5.92. The van der Waals surface area contributed by atoms with Crippen LogP contribution in [0.5, 0.6) is 0 Å². The molecular formula is C40H62O14. The Kier molecular flexibility index (Phi) is 24.9. The fraction of sp³-hybridized carbons (Fsp3) is 0.675. The minimum absolute atomic E-state index is 0.00889. The van der Waals surface area contributed by atoms with Crippen molar-refractivity contribution in [1.29, 1.82) is 0 Å². The molecule has 1 unspecified atom stereocenters. The standard InChI is InChI=1S/C40H62O14/c1-11-24-50-35(43)22-17-30(16-21-34(42)49-13-3)32(19-23-36(44)51-27(4)5)39(47)53-31(26-37(45)52-28(6)12-2)18-14-29(15-20-33(41)48-10)25-38(46)54-40(7,8)9/h25-28H,11-24H2,1-10H3. The Bertz CT molecular complexity index is 1350. The predicted octanol–water partition coefficient (Wildman–Crippen LogP) is 6.86. The highest BCUT2D eigenvalue weighted by atomic mass is 16.6. The molecule has 14 nitrogen and oxygen atoms in total. The van der Waals surface area contributed by atoms with Gasteiger partial charge in [0.15, 0.2) is 0 Å². The van der Waals surface area contributed by atoms with Crippen LogP contribution in [-0.2, 0) is 66.7 Å². The van der Waals surface area contributed by atoms with E-state index in [-0.39, 0.29) is 88.8 Å². The molecule has 0 saturated heterocycles. The van der Waals surface area contributed by atoms with E-state index >= 15 is 0 Å². The van der Waals surface area contributed by atoms with Gasteiger partial charge in [-0.2, -0.15) is 0 Å². The molecule has 1 atom stereocenters. The van der Waals surface area contributed by atoms with Crippen molar-refractivity contribution in [2.24, 2.45) is 0 Å². The molecule has 54 heavy (non-hydrogen) atoms. The van der Waals surface area contributed by atoms with E-state index in [1.807, 2.05) is 13.8 Å². The quantitative estimate of drug-likeness (QED) is 0.0406. The number of hydrogen-bond donors (Lipinski definition) is 0. The average molecular weight is 767 g/mol. The molecule has 0 spiro atoms. The lowest BCUT2D eigenvalue weighted by molar-refractivity contribution is -0.149. The smallest absolute Gasteiger partial charge is 0.339 e. The first-order valence-electron chi connectivity index (χ1n) is 18.7. The van der Waals surface area contributed by atoms with Gasteiger partial charge in [-0.15, -0.1) is 0 Å². The number of carbonyl (C=O) groups is 7. The summed E-state index contributed by atoms with van der Waals surface area (Å²) in [6.45, 7) is 15.9. The maximum Gasteiger partial charge on any atom is 0.339 e. The Labute approximate surface area is 320 Å². The number of rotatable bonds is 25. The van der Waals surface area contributed by atoms with Crippen LogP contribution in [0.1, 0.15) is 139 Å². The molecule has 0 rings (SSSR count). The number of methoxy groups -OCH3 is 1. The van der Waals surface area contributed by atoms with E-state index in [0.717, 1.165) is 6.08 Å². The molecule has 0 N–H and O–H groups in total. The van der Waals surface area contributed by atoms with Crippen LogP contribution in [0.25, 0.3) is 0 Å². The van der Waals surface area contributed by atoms with Gasteiger partial charge in [0.05, 0.1) is 38.6 Å². The minimum atomic E-state index is -0.928. The van der Waals surface area contributed by atoms with Crippen molar-refractivity contribution in [2.75, 3.05) is 20.3 Å². The van der Waals surface area contributed by atoms with E-state index in [1.54, 1.807) is 48.5 Å². The summed E-state index contributed by atoms with van der Waals surface area (Å²) in [5.41, 5.74) is 0.0483. The van der Waals surface area contributed by atoms with Crippen LogP contribution in [0.2, 0.25) is 0 Å². The summed E-state index contributed by atoms with van der Waals surface area (Å²) in [6.07, 6.45) is 1.96. The van der Waals surface area contributed by atoms with Gasteiger partial charge in [0, 0.05) is 43.8 Å². The van der Waals surface area contributed by atoms with E-state index in [1.165, 1.54) is 13.2 Å². The average Bonchev–Trinajstić information content (AvgIpc) is 3.07. The third-order valence-corrected chi connectivity index (χ3v) is 7.35. The molecule has 0 aromatic carbocycles. The molecule has 0 aromatic rings. The fourth-order valence-electron chi connectivity index (χ4n) is 4.62. The zero-order valence-electron chi connectivity index (χ0n) is 33.9. The molecule has 0 bridgehead atoms. The zero-order chi connectivity index (χ0) is 41.3. The van der Waals surface area contributed by atoms with Crippen LogP contribution in [-0.4, -0.2) is 79.9 Å². The van der Waals surface area contributed by atoms with E-state index in [4.69, 9.17) is 33.2 Å². The van der Waals surface area contributed by atoms with Crippen molar-refractivity contribution in [3.63, 3.8) is 0 Å². The molecule has 0 amide bonds. The fourth-order valence-corrected chi connectivity index (χ4v) is 4.62. The number of carbonyl (C=O) groups excluding carboxylic acids is 7. The lowest BCUT2D eigenvalue weighted by Crippen LogP contribution is -2.23. The Hall–Kier alpha value is -4.49. The van der Waals surface area contributed by atoms with Gasteiger partial charge in [0.25, 0.3) is 0 Å². The molecule has 306 valence electrons. The van der Waals surface area contributed by atoms with Crippen molar-refractivity contribution in [3.05, 3.63) is 34.6 Å². The second-order valence-corrected chi connectivity index (χ2v) is 13.7. The normalized spacial score (nSPS) is 12.9. The monoisotopic (exact) mass is 766 g/mol. The Balaban J connectivity index is 6.99. The number of ether oxygens (including phenoxy) is 7. The largest absolute Gasteiger partial charge is 0.469 e. The summed E-state index contributed by atoms with van der Waals surface area (Å²) in [5, 5.41) is 0. The van der Waals surface area contributed by atoms with Gasteiger partial charge in [0.2, 0.25) is 0 Å². The summed E-state index contributed by atoms with van der Waals surface area (Å²) in [6, 6.07) is 0. The summed E-state index contributed by atoms with van der Waals surface area (Å²) in [5.74, 6) is -4.63. The molecule has 0 radical (unpaired) electrons. The van der Waals surface area contributed by atoms with Crippen molar-refractivity contribution in [1.82, 2.24) is 0 Å². The highest BCUT2D eigenvalue weighted by Gasteiger charge is 2.24. The lowest BCUT2D eigenvalue weighted by atomic mass is 9.95. The Morgan fingerprint density at radius 1 is 0.630 bits per heavy atom. The molecule has 0 fully saturated rings. The molecule has 0 aromatic heterocycles. The summed E-state index contributed by atoms with van der Waals surface area (Å²) in [4.78, 5) is 89.2. The zero-order valence-corrected chi connectivity index (χ0v) is 33.9. The molecule has 0 aliphatic heterocycles. The first-order valence-corrected chi connectivity index (χ1v) is 18.7. The van der Waals surface area contributed by atoms with Crippen molar-refractivity contribution >= 4 is 41.8 Å². The molecule has 0 heterocycles. The van der Waals surface area contributed by atoms with Crippen LogP contribution in [0.3, 0.4) is 0 Å². The van der Waals surface area contributed by atoms with Crippen LogP contribution in [0.4, 0.5) is 0 Å². The van der Waals surface area contributed by atoms with Gasteiger partial charge in [-0.25, -0.2) is 14.4 Å². The summed E-state index contributed by atoms with van der Waals surface area (Å²) in [7, 11) is 1.24. The van der Waals surface area contributed by atoms with E-state index in [9.17, 15) is 33.6 Å². The third kappa shape index (κ3) is 24.7. The first kappa shape index (κ1) is 49.5. The maximum absolute atomic E-state index is 14.1. The third-order valence-electron chi connectivity index (χ3n) is 7.35. The number of hydrogen-bond acceptors (Lipinski definition) is 14. The maximum atomic E-state index is 14.1. The first-order chi connectivity index (χ1) is 25.3. The van der Waals surface area contributed by atoms with Gasteiger partial charge < -0.3 is 33.2 Å². The van der Waals surface area contributed by atoms with Crippen LogP contribution in [0, 0.1) is 0 Å². The molecule has 0 aliphatic carbocycles. The number of allylic oxidation sites excluding steroid dienone is 3. The van der Waals surface area contributed by atoms with Crippen LogP contribution >= 0.6 is 0 Å². The summed E-state index contributed by atoms with van der Waals surface area (Å²) < 4.78 is 37.0. The topological polar surface area (TPSA) is 184 Å². The number of esters is 7. The molecule has 14 heteroatoms. The lowest BCUT2D eigenvalue weighted by Gasteiger charge is -2.19. The molecule has 0 aliphatic rings. The van der Waals surface area contributed by atoms with Gasteiger partial charge >= 0.3 is 41.8 Å². The van der Waals surface area contributed by atoms with Crippen LogP contribution in [0.15, 0.2) is 34.6 Å². The van der Waals surface area contributed by atoms with E-state index in [0.29, 0.717) is 24.0 Å². The van der Waals surface area contributed by atoms with E-state index in [2.05, 4.69) is 0 Å². The minimum Gasteiger partial charge on any atom is -0.469 e.